The first-order valence-corrected chi connectivity index (χ1v) is 7.45. The molecule has 0 aliphatic carbocycles. The number of amides is 1. The van der Waals surface area contributed by atoms with Gasteiger partial charge in [0, 0.05) is 25.4 Å². The molecule has 4 heteroatoms. The number of carbonyl (C=O) groups excluding carboxylic acids is 1. The van der Waals surface area contributed by atoms with E-state index in [0.717, 1.165) is 37.1 Å². The minimum Gasteiger partial charge on any atom is -0.378 e. The van der Waals surface area contributed by atoms with Crippen molar-refractivity contribution < 1.29 is 9.53 Å². The van der Waals surface area contributed by atoms with E-state index in [1.807, 2.05) is 36.1 Å². The molecule has 1 heterocycles. The van der Waals surface area contributed by atoms with Gasteiger partial charge in [-0.15, -0.1) is 0 Å². The van der Waals surface area contributed by atoms with E-state index in [0.29, 0.717) is 19.5 Å². The lowest BCUT2D eigenvalue weighted by atomic mass is 10.1. The molecule has 1 aromatic rings. The van der Waals surface area contributed by atoms with Crippen LogP contribution in [0.15, 0.2) is 24.3 Å². The number of hydrogen-bond acceptors (Lipinski definition) is 3. The zero-order valence-corrected chi connectivity index (χ0v) is 12.2. The Morgan fingerprint density at radius 2 is 2.10 bits per heavy atom. The lowest BCUT2D eigenvalue weighted by Crippen LogP contribution is -2.34. The van der Waals surface area contributed by atoms with E-state index in [2.05, 4.69) is 0 Å². The third-order valence-corrected chi connectivity index (χ3v) is 3.78. The minimum atomic E-state index is 0.0913. The summed E-state index contributed by atoms with van der Waals surface area (Å²) in [5.41, 5.74) is 7.61. The predicted molar refractivity (Wildman–Crippen MR) is 80.6 cm³/mol. The number of nitrogens with two attached hydrogens (primary N) is 1. The van der Waals surface area contributed by atoms with Crippen LogP contribution in [0.1, 0.15) is 38.2 Å². The second-order valence-electron chi connectivity index (χ2n) is 5.20. The van der Waals surface area contributed by atoms with E-state index in [1.54, 1.807) is 0 Å². The van der Waals surface area contributed by atoms with Crippen molar-refractivity contribution in [1.82, 2.24) is 0 Å². The van der Waals surface area contributed by atoms with Gasteiger partial charge in [-0.1, -0.05) is 12.1 Å². The first-order valence-electron chi connectivity index (χ1n) is 7.45. The lowest BCUT2D eigenvalue weighted by Gasteiger charge is -2.26. The third kappa shape index (κ3) is 3.81. The quantitative estimate of drug-likeness (QED) is 0.898. The fourth-order valence-corrected chi connectivity index (χ4v) is 2.59. The molecule has 2 N–H and O–H groups in total. The standard InChI is InChI=1S/C16H24N2O2/c1-2-18(14-8-6-13(12-17)7-9-14)16(19)11-15-5-3-4-10-20-15/h6-9,15H,2-5,10-12,17H2,1H3. The summed E-state index contributed by atoms with van der Waals surface area (Å²) in [5, 5.41) is 0. The van der Waals surface area contributed by atoms with E-state index in [1.165, 1.54) is 0 Å². The Bertz CT molecular complexity index is 425. The molecule has 20 heavy (non-hydrogen) atoms. The topological polar surface area (TPSA) is 55.6 Å². The molecule has 0 bridgehead atoms. The smallest absolute Gasteiger partial charge is 0.229 e. The molecule has 1 saturated heterocycles. The average Bonchev–Trinajstić information content (AvgIpc) is 2.49. The van der Waals surface area contributed by atoms with Crippen LogP contribution in [-0.4, -0.2) is 25.2 Å². The van der Waals surface area contributed by atoms with Gasteiger partial charge in [0.15, 0.2) is 0 Å². The summed E-state index contributed by atoms with van der Waals surface area (Å²) in [7, 11) is 0. The molecule has 110 valence electrons. The van der Waals surface area contributed by atoms with Crippen LogP contribution < -0.4 is 10.6 Å². The van der Waals surface area contributed by atoms with Crippen LogP contribution in [0.4, 0.5) is 5.69 Å². The normalized spacial score (nSPS) is 18.8. The summed E-state index contributed by atoms with van der Waals surface area (Å²) in [5.74, 6) is 0.139. The Balaban J connectivity index is 2.00. The van der Waals surface area contributed by atoms with E-state index < -0.39 is 0 Å². The number of anilines is 1. The Morgan fingerprint density at radius 1 is 1.35 bits per heavy atom. The summed E-state index contributed by atoms with van der Waals surface area (Å²) in [4.78, 5) is 14.2. The Morgan fingerprint density at radius 3 is 2.65 bits per heavy atom. The van der Waals surface area contributed by atoms with Crippen LogP contribution in [-0.2, 0) is 16.1 Å². The highest BCUT2D eigenvalue weighted by Crippen LogP contribution is 2.20. The summed E-state index contributed by atoms with van der Waals surface area (Å²) in [6, 6.07) is 7.88. The molecule has 0 aromatic heterocycles. The maximum absolute atomic E-state index is 12.4. The van der Waals surface area contributed by atoms with Crippen molar-refractivity contribution in [1.29, 1.82) is 0 Å². The maximum Gasteiger partial charge on any atom is 0.229 e. The second kappa shape index (κ2) is 7.41. The summed E-state index contributed by atoms with van der Waals surface area (Å²) >= 11 is 0. The van der Waals surface area contributed by atoms with Crippen LogP contribution >= 0.6 is 0 Å². The molecule has 1 unspecified atom stereocenters. The fourth-order valence-electron chi connectivity index (χ4n) is 2.59. The first-order chi connectivity index (χ1) is 9.74. The fraction of sp³-hybridized carbons (Fsp3) is 0.562. The van der Waals surface area contributed by atoms with Gasteiger partial charge in [-0.25, -0.2) is 0 Å². The summed E-state index contributed by atoms with van der Waals surface area (Å²) in [6.07, 6.45) is 3.84. The Hall–Kier alpha value is -1.39. The number of benzene rings is 1. The Kier molecular flexibility index (Phi) is 5.56. The van der Waals surface area contributed by atoms with Gasteiger partial charge in [0.25, 0.3) is 0 Å². The van der Waals surface area contributed by atoms with Crippen molar-refractivity contribution in [3.8, 4) is 0 Å². The molecule has 0 spiro atoms. The molecular weight excluding hydrogens is 252 g/mol. The molecule has 4 nitrogen and oxygen atoms in total. The van der Waals surface area contributed by atoms with Gasteiger partial charge in [0.2, 0.25) is 5.91 Å². The molecule has 2 rings (SSSR count). The highest BCUT2D eigenvalue weighted by atomic mass is 16.5. The SMILES string of the molecule is CCN(C(=O)CC1CCCCO1)c1ccc(CN)cc1. The maximum atomic E-state index is 12.4. The predicted octanol–water partition coefficient (Wildman–Crippen LogP) is 2.46. The van der Waals surface area contributed by atoms with Crippen LogP contribution in [0.2, 0.25) is 0 Å². The van der Waals surface area contributed by atoms with Gasteiger partial charge in [0.1, 0.15) is 0 Å². The highest BCUT2D eigenvalue weighted by molar-refractivity contribution is 5.93. The van der Waals surface area contributed by atoms with Gasteiger partial charge < -0.3 is 15.4 Å². The monoisotopic (exact) mass is 276 g/mol. The minimum absolute atomic E-state index is 0.0913. The van der Waals surface area contributed by atoms with Crippen molar-refractivity contribution in [2.75, 3.05) is 18.1 Å². The largest absolute Gasteiger partial charge is 0.378 e. The number of hydrogen-bond donors (Lipinski definition) is 1. The molecular formula is C16H24N2O2. The van der Waals surface area contributed by atoms with Gasteiger partial charge in [0.05, 0.1) is 12.5 Å². The number of ether oxygens (including phenoxy) is 1. The van der Waals surface area contributed by atoms with Gasteiger partial charge >= 0.3 is 0 Å². The number of rotatable bonds is 5. The molecule has 1 atom stereocenters. The highest BCUT2D eigenvalue weighted by Gasteiger charge is 2.21. The van der Waals surface area contributed by atoms with Crippen LogP contribution in [0.5, 0.6) is 0 Å². The molecule has 1 aliphatic heterocycles. The van der Waals surface area contributed by atoms with E-state index >= 15 is 0 Å². The lowest BCUT2D eigenvalue weighted by molar-refractivity contribution is -0.122. The van der Waals surface area contributed by atoms with E-state index in [9.17, 15) is 4.79 Å². The van der Waals surface area contributed by atoms with Crippen molar-refractivity contribution >= 4 is 11.6 Å². The van der Waals surface area contributed by atoms with Crippen molar-refractivity contribution in [3.63, 3.8) is 0 Å². The van der Waals surface area contributed by atoms with Crippen LogP contribution in [0.3, 0.4) is 0 Å². The van der Waals surface area contributed by atoms with Crippen LogP contribution in [0, 0.1) is 0 Å². The third-order valence-electron chi connectivity index (χ3n) is 3.78. The zero-order valence-electron chi connectivity index (χ0n) is 12.2. The van der Waals surface area contributed by atoms with Gasteiger partial charge in [-0.05, 0) is 43.9 Å². The molecule has 1 fully saturated rings. The zero-order chi connectivity index (χ0) is 14.4. The number of carbonyl (C=O) groups is 1. The van der Waals surface area contributed by atoms with Gasteiger partial charge in [-0.2, -0.15) is 0 Å². The van der Waals surface area contributed by atoms with Crippen molar-refractivity contribution in [2.45, 2.75) is 45.3 Å². The van der Waals surface area contributed by atoms with Crippen molar-refractivity contribution in [3.05, 3.63) is 29.8 Å². The molecule has 1 aromatic carbocycles. The van der Waals surface area contributed by atoms with E-state index in [-0.39, 0.29) is 12.0 Å². The summed E-state index contributed by atoms with van der Waals surface area (Å²) in [6.45, 7) is 3.98. The van der Waals surface area contributed by atoms with Crippen molar-refractivity contribution in [2.24, 2.45) is 5.73 Å². The molecule has 0 radical (unpaired) electrons. The number of nitrogens with zero attached hydrogens (tertiary/aromatic N) is 1. The van der Waals surface area contributed by atoms with Gasteiger partial charge in [-0.3, -0.25) is 4.79 Å². The van der Waals surface area contributed by atoms with Crippen LogP contribution in [0.25, 0.3) is 0 Å². The first kappa shape index (κ1) is 15.0. The summed E-state index contributed by atoms with van der Waals surface area (Å²) < 4.78 is 5.65. The molecule has 1 amide bonds. The average molecular weight is 276 g/mol. The van der Waals surface area contributed by atoms with E-state index in [4.69, 9.17) is 10.5 Å². The Labute approximate surface area is 120 Å². The second-order valence-corrected chi connectivity index (χ2v) is 5.20. The molecule has 0 saturated carbocycles. The molecule has 1 aliphatic rings.